The molecular formula is C7H12Cl2N2O. The number of alkyl halides is 2. The van der Waals surface area contributed by atoms with Crippen molar-refractivity contribution < 1.29 is 5.48 Å². The van der Waals surface area contributed by atoms with E-state index >= 15 is 0 Å². The van der Waals surface area contributed by atoms with Crippen LogP contribution in [0.2, 0.25) is 0 Å². The Bertz CT molecular complexity index is 234. The smallest absolute Gasteiger partial charge is 0.171 e. The molecule has 0 fully saturated rings. The highest BCUT2D eigenvalue weighted by Gasteiger charge is 2.41. The number of hydrogen-bond acceptors (Lipinski definition) is 2. The van der Waals surface area contributed by atoms with Gasteiger partial charge in [-0.1, -0.05) is 34.9 Å². The van der Waals surface area contributed by atoms with Crippen LogP contribution >= 0.6 is 23.2 Å². The van der Waals surface area contributed by atoms with Crippen molar-refractivity contribution in [2.45, 2.75) is 16.9 Å². The minimum absolute atomic E-state index is 0. The third kappa shape index (κ3) is 2.00. The van der Waals surface area contributed by atoms with Gasteiger partial charge in [-0.3, -0.25) is 0 Å². The predicted molar refractivity (Wildman–Crippen MR) is 52.1 cm³/mol. The van der Waals surface area contributed by atoms with Crippen LogP contribution in [0.5, 0.6) is 0 Å². The molecule has 0 aliphatic heterocycles. The quantitative estimate of drug-likeness (QED) is 0.450. The number of halogens is 2. The van der Waals surface area contributed by atoms with Crippen molar-refractivity contribution in [3.05, 3.63) is 23.8 Å². The molecule has 0 aromatic heterocycles. The third-order valence-corrected chi connectivity index (χ3v) is 2.48. The van der Waals surface area contributed by atoms with Gasteiger partial charge in [0.15, 0.2) is 4.33 Å². The van der Waals surface area contributed by atoms with Gasteiger partial charge in [0.05, 0.1) is 0 Å². The van der Waals surface area contributed by atoms with Crippen molar-refractivity contribution in [1.82, 2.24) is 0 Å². The lowest BCUT2D eigenvalue weighted by molar-refractivity contribution is 0.527. The molecule has 0 heterocycles. The molecule has 1 rings (SSSR count). The van der Waals surface area contributed by atoms with E-state index in [1.807, 2.05) is 6.92 Å². The minimum Gasteiger partial charge on any atom is -0.412 e. The monoisotopic (exact) mass is 210 g/mol. The van der Waals surface area contributed by atoms with Crippen LogP contribution in [0.3, 0.4) is 0 Å². The summed E-state index contributed by atoms with van der Waals surface area (Å²) in [6.07, 6.45) is 5.03. The first kappa shape index (κ1) is 11.9. The summed E-state index contributed by atoms with van der Waals surface area (Å²) >= 11 is 11.7. The van der Waals surface area contributed by atoms with Crippen LogP contribution in [-0.4, -0.2) is 15.5 Å². The van der Waals surface area contributed by atoms with Gasteiger partial charge in [-0.2, -0.15) is 0 Å². The second-order valence-corrected chi connectivity index (χ2v) is 4.16. The van der Waals surface area contributed by atoms with Crippen molar-refractivity contribution in [3.63, 3.8) is 0 Å². The molecule has 1 aliphatic carbocycles. The van der Waals surface area contributed by atoms with E-state index in [1.165, 1.54) is 0 Å². The fraction of sp³-hybridized carbons (Fsp3) is 0.429. The second kappa shape index (κ2) is 3.36. The van der Waals surface area contributed by atoms with Crippen molar-refractivity contribution in [2.75, 3.05) is 0 Å². The first-order valence-electron chi connectivity index (χ1n) is 3.19. The molecule has 70 valence electrons. The highest BCUT2D eigenvalue weighted by molar-refractivity contribution is 6.51. The summed E-state index contributed by atoms with van der Waals surface area (Å²) in [5.74, 6) is 0. The van der Waals surface area contributed by atoms with E-state index in [4.69, 9.17) is 34.7 Å². The van der Waals surface area contributed by atoms with Crippen LogP contribution < -0.4 is 11.5 Å². The molecule has 3 nitrogen and oxygen atoms in total. The summed E-state index contributed by atoms with van der Waals surface area (Å²) < 4.78 is -1.20. The Labute approximate surface area is 81.3 Å². The number of allylic oxidation sites excluding steroid dienone is 2. The van der Waals surface area contributed by atoms with Gasteiger partial charge in [-0.05, 0) is 19.1 Å². The summed E-state index contributed by atoms with van der Waals surface area (Å²) in [6, 6.07) is 0. The van der Waals surface area contributed by atoms with E-state index in [0.717, 1.165) is 5.57 Å². The molecule has 6 N–H and O–H groups in total. The summed E-state index contributed by atoms with van der Waals surface area (Å²) in [5, 5.41) is 0. The van der Waals surface area contributed by atoms with Gasteiger partial charge in [0, 0.05) is 0 Å². The highest BCUT2D eigenvalue weighted by atomic mass is 35.5. The van der Waals surface area contributed by atoms with E-state index in [1.54, 1.807) is 18.2 Å². The van der Waals surface area contributed by atoms with Crippen molar-refractivity contribution in [3.8, 4) is 0 Å². The van der Waals surface area contributed by atoms with Crippen LogP contribution in [0.1, 0.15) is 6.92 Å². The zero-order chi connectivity index (χ0) is 8.70. The largest absolute Gasteiger partial charge is 0.412 e. The van der Waals surface area contributed by atoms with Gasteiger partial charge < -0.3 is 16.9 Å². The Morgan fingerprint density at radius 1 is 1.33 bits per heavy atom. The Hall–Kier alpha value is -0.0600. The molecule has 0 radical (unpaired) electrons. The van der Waals surface area contributed by atoms with Crippen molar-refractivity contribution in [1.29, 1.82) is 0 Å². The van der Waals surface area contributed by atoms with Gasteiger partial charge in [0.2, 0.25) is 0 Å². The summed E-state index contributed by atoms with van der Waals surface area (Å²) in [7, 11) is 0. The second-order valence-electron chi connectivity index (χ2n) is 2.78. The molecule has 0 saturated carbocycles. The van der Waals surface area contributed by atoms with Crippen molar-refractivity contribution in [2.24, 2.45) is 11.5 Å². The predicted octanol–water partition coefficient (Wildman–Crippen LogP) is 0.465. The Morgan fingerprint density at radius 2 is 1.83 bits per heavy atom. The van der Waals surface area contributed by atoms with E-state index < -0.39 is 10.00 Å². The molecule has 0 unspecified atom stereocenters. The average molecular weight is 211 g/mol. The van der Waals surface area contributed by atoms with E-state index in [0.29, 0.717) is 0 Å². The molecule has 0 atom stereocenters. The average Bonchev–Trinajstić information content (AvgIpc) is 1.80. The fourth-order valence-electron chi connectivity index (χ4n) is 0.839. The van der Waals surface area contributed by atoms with Gasteiger partial charge in [0.25, 0.3) is 0 Å². The SMILES string of the molecule is CC1=CC(Cl)(Cl)C(N)(N)C=C1.O. The minimum atomic E-state index is -1.20. The maximum absolute atomic E-state index is 5.85. The van der Waals surface area contributed by atoms with E-state index in [2.05, 4.69) is 0 Å². The maximum atomic E-state index is 5.85. The van der Waals surface area contributed by atoms with Crippen LogP contribution in [-0.2, 0) is 0 Å². The van der Waals surface area contributed by atoms with Gasteiger partial charge in [-0.15, -0.1) is 0 Å². The van der Waals surface area contributed by atoms with Crippen LogP contribution in [0.25, 0.3) is 0 Å². The topological polar surface area (TPSA) is 83.5 Å². The zero-order valence-electron chi connectivity index (χ0n) is 6.64. The highest BCUT2D eigenvalue weighted by Crippen LogP contribution is 2.35. The molecular weight excluding hydrogens is 199 g/mol. The first-order valence-corrected chi connectivity index (χ1v) is 3.95. The summed E-state index contributed by atoms with van der Waals surface area (Å²) in [5.41, 5.74) is 11.0. The van der Waals surface area contributed by atoms with Crippen molar-refractivity contribution >= 4 is 23.2 Å². The van der Waals surface area contributed by atoms with Gasteiger partial charge in [0.1, 0.15) is 5.66 Å². The Balaban J connectivity index is 0.00000121. The van der Waals surface area contributed by atoms with Gasteiger partial charge in [-0.25, -0.2) is 0 Å². The molecule has 5 heteroatoms. The van der Waals surface area contributed by atoms with E-state index in [9.17, 15) is 0 Å². The summed E-state index contributed by atoms with van der Waals surface area (Å²) in [6.45, 7) is 1.88. The normalized spacial score (nSPS) is 24.2. The van der Waals surface area contributed by atoms with Crippen LogP contribution in [0.15, 0.2) is 23.8 Å². The van der Waals surface area contributed by atoms with E-state index in [-0.39, 0.29) is 5.48 Å². The lowest BCUT2D eigenvalue weighted by Gasteiger charge is -2.34. The number of rotatable bonds is 0. The van der Waals surface area contributed by atoms with Crippen LogP contribution in [0.4, 0.5) is 0 Å². The molecule has 0 amide bonds. The Kier molecular flexibility index (Phi) is 3.34. The molecule has 0 aromatic carbocycles. The molecule has 0 bridgehead atoms. The molecule has 0 aromatic rings. The fourth-order valence-corrected chi connectivity index (χ4v) is 1.31. The molecule has 0 spiro atoms. The maximum Gasteiger partial charge on any atom is 0.171 e. The Morgan fingerprint density at radius 3 is 2.17 bits per heavy atom. The van der Waals surface area contributed by atoms with Gasteiger partial charge >= 0.3 is 0 Å². The lowest BCUT2D eigenvalue weighted by Crippen LogP contribution is -2.60. The third-order valence-electron chi connectivity index (χ3n) is 1.61. The standard InChI is InChI=1S/C7H10Cl2N2.H2O/c1-5-2-3-7(10,11)6(8,9)4-5;/h2-4H,10-11H2,1H3;1H2. The molecule has 1 aliphatic rings. The number of hydrogen-bond donors (Lipinski definition) is 2. The zero-order valence-corrected chi connectivity index (χ0v) is 8.15. The van der Waals surface area contributed by atoms with Crippen LogP contribution in [0, 0.1) is 0 Å². The summed E-state index contributed by atoms with van der Waals surface area (Å²) in [4.78, 5) is 0. The molecule has 0 saturated heterocycles. The molecule has 12 heavy (non-hydrogen) atoms. The lowest BCUT2D eigenvalue weighted by atomic mass is 9.98. The first-order chi connectivity index (χ1) is 4.85. The number of nitrogens with two attached hydrogens (primary N) is 2.